The molecular weight excluding hydrogens is 462 g/mol. The number of ether oxygens (including phenoxy) is 1. The Morgan fingerprint density at radius 3 is 2.20 bits per heavy atom. The van der Waals surface area contributed by atoms with Crippen molar-refractivity contribution in [3.63, 3.8) is 0 Å². The van der Waals surface area contributed by atoms with Crippen molar-refractivity contribution in [3.8, 4) is 0 Å². The number of esters is 1. The lowest BCUT2D eigenvalue weighted by atomic mass is 10.1. The lowest BCUT2D eigenvalue weighted by Gasteiger charge is -2.21. The lowest BCUT2D eigenvalue weighted by Crippen LogP contribution is -2.34. The Morgan fingerprint density at radius 1 is 0.914 bits per heavy atom. The van der Waals surface area contributed by atoms with Gasteiger partial charge in [-0.15, -0.1) is 0 Å². The van der Waals surface area contributed by atoms with E-state index in [1.165, 1.54) is 5.56 Å². The highest BCUT2D eigenvalue weighted by molar-refractivity contribution is 7.80. The maximum Gasteiger partial charge on any atom is 0.306 e. The van der Waals surface area contributed by atoms with Gasteiger partial charge in [0.2, 0.25) is 5.91 Å². The zero-order chi connectivity index (χ0) is 25.5. The van der Waals surface area contributed by atoms with E-state index in [0.717, 1.165) is 38.8 Å². The molecule has 35 heavy (non-hydrogen) atoms. The smallest absolute Gasteiger partial charge is 0.306 e. The SMILES string of the molecule is CCCN(CCC)C(=O)c1ccc(NC(=S)NC(=O)CCC(=O)OCCCc2ccccc2)cc1. The third-order valence-corrected chi connectivity index (χ3v) is 5.39. The quantitative estimate of drug-likeness (QED) is 0.237. The second-order valence-corrected chi connectivity index (χ2v) is 8.59. The molecule has 0 saturated carbocycles. The highest BCUT2D eigenvalue weighted by atomic mass is 32.1. The predicted octanol–water partition coefficient (Wildman–Crippen LogP) is 4.72. The summed E-state index contributed by atoms with van der Waals surface area (Å²) in [5.74, 6) is -0.777. The molecule has 2 rings (SSSR count). The maximum absolute atomic E-state index is 12.7. The van der Waals surface area contributed by atoms with Crippen LogP contribution in [0.25, 0.3) is 0 Å². The van der Waals surface area contributed by atoms with Crippen molar-refractivity contribution >= 4 is 40.8 Å². The average molecular weight is 498 g/mol. The lowest BCUT2D eigenvalue weighted by molar-refractivity contribution is -0.145. The second-order valence-electron chi connectivity index (χ2n) is 8.18. The number of nitrogens with zero attached hydrogens (tertiary/aromatic N) is 1. The number of thiocarbonyl (C=S) groups is 1. The highest BCUT2D eigenvalue weighted by Gasteiger charge is 2.14. The van der Waals surface area contributed by atoms with Gasteiger partial charge in [-0.1, -0.05) is 44.2 Å². The molecule has 0 unspecified atom stereocenters. The van der Waals surface area contributed by atoms with Gasteiger partial charge >= 0.3 is 5.97 Å². The van der Waals surface area contributed by atoms with E-state index < -0.39 is 5.97 Å². The van der Waals surface area contributed by atoms with E-state index in [4.69, 9.17) is 17.0 Å². The van der Waals surface area contributed by atoms with Gasteiger partial charge in [-0.25, -0.2) is 0 Å². The van der Waals surface area contributed by atoms with E-state index in [1.807, 2.05) is 49.1 Å². The Balaban J connectivity index is 1.68. The number of anilines is 1. The Kier molecular flexibility index (Phi) is 12.5. The number of carbonyl (C=O) groups is 3. The number of nitrogens with one attached hydrogen (secondary N) is 2. The minimum absolute atomic E-state index is 0.00285. The van der Waals surface area contributed by atoms with Crippen LogP contribution in [0.15, 0.2) is 54.6 Å². The van der Waals surface area contributed by atoms with Gasteiger partial charge < -0.3 is 20.3 Å². The van der Waals surface area contributed by atoms with Crippen LogP contribution in [0, 0.1) is 0 Å². The van der Waals surface area contributed by atoms with Crippen molar-refractivity contribution in [3.05, 3.63) is 65.7 Å². The highest BCUT2D eigenvalue weighted by Crippen LogP contribution is 2.12. The number of aryl methyl sites for hydroxylation is 1. The molecule has 7 nitrogen and oxygen atoms in total. The van der Waals surface area contributed by atoms with Crippen LogP contribution in [0.5, 0.6) is 0 Å². The fourth-order valence-corrected chi connectivity index (χ4v) is 3.71. The monoisotopic (exact) mass is 497 g/mol. The Bertz CT molecular complexity index is 958. The van der Waals surface area contributed by atoms with Crippen LogP contribution in [-0.2, 0) is 20.7 Å². The summed E-state index contributed by atoms with van der Waals surface area (Å²) in [5, 5.41) is 5.61. The van der Waals surface area contributed by atoms with Gasteiger partial charge in [0.1, 0.15) is 0 Å². The molecule has 0 heterocycles. The largest absolute Gasteiger partial charge is 0.466 e. The van der Waals surface area contributed by atoms with Crippen LogP contribution in [0.3, 0.4) is 0 Å². The molecule has 0 aliphatic heterocycles. The first-order chi connectivity index (χ1) is 16.9. The second kappa shape index (κ2) is 15.6. The fraction of sp³-hybridized carbons (Fsp3) is 0.407. The van der Waals surface area contributed by atoms with Gasteiger partial charge in [0, 0.05) is 30.8 Å². The molecule has 2 N–H and O–H groups in total. The molecule has 0 radical (unpaired) electrons. The van der Waals surface area contributed by atoms with Crippen molar-refractivity contribution in [1.29, 1.82) is 0 Å². The van der Waals surface area contributed by atoms with Gasteiger partial charge in [-0.2, -0.15) is 0 Å². The third-order valence-electron chi connectivity index (χ3n) is 5.19. The fourth-order valence-electron chi connectivity index (χ4n) is 3.48. The van der Waals surface area contributed by atoms with E-state index in [9.17, 15) is 14.4 Å². The van der Waals surface area contributed by atoms with Crippen molar-refractivity contribution in [2.24, 2.45) is 0 Å². The van der Waals surface area contributed by atoms with E-state index in [2.05, 4.69) is 10.6 Å². The summed E-state index contributed by atoms with van der Waals surface area (Å²) >= 11 is 5.18. The Morgan fingerprint density at radius 2 is 1.57 bits per heavy atom. The van der Waals surface area contributed by atoms with Gasteiger partial charge in [0.15, 0.2) is 5.11 Å². The third kappa shape index (κ3) is 10.7. The van der Waals surface area contributed by atoms with Crippen LogP contribution in [0.1, 0.15) is 61.9 Å². The van der Waals surface area contributed by atoms with Gasteiger partial charge in [-0.3, -0.25) is 14.4 Å². The number of benzene rings is 2. The molecule has 0 fully saturated rings. The summed E-state index contributed by atoms with van der Waals surface area (Å²) in [7, 11) is 0. The molecular formula is C27H35N3O4S. The summed E-state index contributed by atoms with van der Waals surface area (Å²) in [6, 6.07) is 16.9. The molecule has 0 aliphatic rings. The van der Waals surface area contributed by atoms with Gasteiger partial charge in [-0.05, 0) is 67.7 Å². The number of hydrogen-bond acceptors (Lipinski definition) is 5. The van der Waals surface area contributed by atoms with Crippen molar-refractivity contribution in [2.45, 2.75) is 52.4 Å². The molecule has 2 amide bonds. The molecule has 2 aromatic carbocycles. The molecule has 188 valence electrons. The molecule has 8 heteroatoms. The maximum atomic E-state index is 12.7. The first-order valence-electron chi connectivity index (χ1n) is 12.1. The van der Waals surface area contributed by atoms with Gasteiger partial charge in [0.05, 0.1) is 13.0 Å². The average Bonchev–Trinajstić information content (AvgIpc) is 2.86. The minimum Gasteiger partial charge on any atom is -0.466 e. The van der Waals surface area contributed by atoms with Crippen LogP contribution >= 0.6 is 12.2 Å². The summed E-state index contributed by atoms with van der Waals surface area (Å²) in [6.45, 7) is 5.87. The Hall–Kier alpha value is -3.26. The van der Waals surface area contributed by atoms with E-state index in [0.29, 0.717) is 17.9 Å². The van der Waals surface area contributed by atoms with E-state index >= 15 is 0 Å². The number of rotatable bonds is 13. The van der Waals surface area contributed by atoms with Crippen molar-refractivity contribution < 1.29 is 19.1 Å². The molecule has 0 aromatic heterocycles. The van der Waals surface area contributed by atoms with Crippen LogP contribution in [-0.4, -0.2) is 47.5 Å². The van der Waals surface area contributed by atoms with Crippen LogP contribution in [0.2, 0.25) is 0 Å². The number of carbonyl (C=O) groups excluding carboxylic acids is 3. The van der Waals surface area contributed by atoms with Crippen molar-refractivity contribution in [1.82, 2.24) is 10.2 Å². The number of hydrogen-bond donors (Lipinski definition) is 2. The topological polar surface area (TPSA) is 87.7 Å². The first-order valence-corrected chi connectivity index (χ1v) is 12.5. The molecule has 0 aliphatic carbocycles. The minimum atomic E-state index is -0.410. The summed E-state index contributed by atoms with van der Waals surface area (Å²) in [4.78, 5) is 38.5. The molecule has 0 spiro atoms. The summed E-state index contributed by atoms with van der Waals surface area (Å²) in [5.41, 5.74) is 2.46. The predicted molar refractivity (Wildman–Crippen MR) is 142 cm³/mol. The first kappa shape index (κ1) is 28.0. The summed E-state index contributed by atoms with van der Waals surface area (Å²) < 4.78 is 5.19. The normalized spacial score (nSPS) is 10.3. The molecule has 0 saturated heterocycles. The van der Waals surface area contributed by atoms with Crippen molar-refractivity contribution in [2.75, 3.05) is 25.0 Å². The van der Waals surface area contributed by atoms with Gasteiger partial charge in [0.25, 0.3) is 5.91 Å². The number of amides is 2. The molecule has 0 atom stereocenters. The van der Waals surface area contributed by atoms with E-state index in [1.54, 1.807) is 24.3 Å². The van der Waals surface area contributed by atoms with Crippen LogP contribution < -0.4 is 10.6 Å². The molecule has 2 aromatic rings. The zero-order valence-corrected chi connectivity index (χ0v) is 21.4. The summed E-state index contributed by atoms with van der Waals surface area (Å²) in [6.07, 6.45) is 3.35. The Labute approximate surface area is 213 Å². The standard InChI is InChI=1S/C27H35N3O4S/c1-3-18-30(19-4-2)26(33)22-12-14-23(15-13-22)28-27(35)29-24(31)16-17-25(32)34-20-8-11-21-9-6-5-7-10-21/h5-7,9-10,12-15H,3-4,8,11,16-20H2,1-2H3,(H2,28,29,31,35). The van der Waals surface area contributed by atoms with E-state index in [-0.39, 0.29) is 29.8 Å². The molecule has 0 bridgehead atoms. The zero-order valence-electron chi connectivity index (χ0n) is 20.5. The van der Waals surface area contributed by atoms with Crippen LogP contribution in [0.4, 0.5) is 5.69 Å².